The number of methoxy groups -OCH3 is 1. The molecular formula is C41H48N4O6S. The Hall–Kier alpha value is -4.64. The van der Waals surface area contributed by atoms with E-state index in [0.29, 0.717) is 57.1 Å². The SMILES string of the molecule is COC(=O)[C@@H]1CCC[C@@H]2SCC[C@H](NC(=O)[C@H](CC[C@H](Cc3ccccc3)C(=O)N[C@H]3CCc4ccccc4NC3=O)Cc3ccccc3)C(=O)N21. The monoisotopic (exact) mass is 724 g/mol. The van der Waals surface area contributed by atoms with Crippen LogP contribution in [0.5, 0.6) is 0 Å². The van der Waals surface area contributed by atoms with Gasteiger partial charge in [0.25, 0.3) is 0 Å². The maximum Gasteiger partial charge on any atom is 0.328 e. The van der Waals surface area contributed by atoms with Crippen LogP contribution in [-0.2, 0) is 48.0 Å². The number of fused-ring (bicyclic) bond motifs is 2. The molecule has 3 aliphatic heterocycles. The van der Waals surface area contributed by atoms with E-state index in [4.69, 9.17) is 4.74 Å². The van der Waals surface area contributed by atoms with E-state index < -0.39 is 35.9 Å². The number of esters is 1. The lowest BCUT2D eigenvalue weighted by Crippen LogP contribution is -2.57. The Bertz CT molecular complexity index is 1720. The van der Waals surface area contributed by atoms with Gasteiger partial charge >= 0.3 is 5.97 Å². The molecule has 3 heterocycles. The first-order chi connectivity index (χ1) is 25.3. The number of nitrogens with zero attached hydrogens (tertiary/aromatic N) is 1. The maximum atomic E-state index is 14.2. The fraction of sp³-hybridized carbons (Fsp3) is 0.439. The molecule has 4 amide bonds. The summed E-state index contributed by atoms with van der Waals surface area (Å²) in [6.07, 6.45) is 5.41. The van der Waals surface area contributed by atoms with Crippen LogP contribution in [0.25, 0.3) is 0 Å². The molecule has 11 heteroatoms. The van der Waals surface area contributed by atoms with E-state index in [1.54, 1.807) is 16.7 Å². The van der Waals surface area contributed by atoms with Crippen molar-refractivity contribution in [2.75, 3.05) is 18.2 Å². The minimum Gasteiger partial charge on any atom is -0.467 e. The van der Waals surface area contributed by atoms with Gasteiger partial charge < -0.3 is 25.6 Å². The van der Waals surface area contributed by atoms with Gasteiger partial charge in [0.2, 0.25) is 23.6 Å². The first-order valence-electron chi connectivity index (χ1n) is 18.4. The minimum absolute atomic E-state index is 0.130. The van der Waals surface area contributed by atoms with Crippen LogP contribution in [0.2, 0.25) is 0 Å². The Morgan fingerprint density at radius 3 is 2.02 bits per heavy atom. The third-order valence-electron chi connectivity index (χ3n) is 10.5. The van der Waals surface area contributed by atoms with E-state index in [1.165, 1.54) is 7.11 Å². The van der Waals surface area contributed by atoms with E-state index in [9.17, 15) is 24.0 Å². The summed E-state index contributed by atoms with van der Waals surface area (Å²) in [5.74, 6) is -1.75. The number of carbonyl (C=O) groups excluding carboxylic acids is 5. The summed E-state index contributed by atoms with van der Waals surface area (Å²) in [5, 5.41) is 8.97. The molecule has 0 saturated carbocycles. The maximum absolute atomic E-state index is 14.2. The van der Waals surface area contributed by atoms with Gasteiger partial charge in [-0.2, -0.15) is 0 Å². The zero-order chi connectivity index (χ0) is 36.5. The average molecular weight is 725 g/mol. The number of anilines is 1. The summed E-state index contributed by atoms with van der Waals surface area (Å²) in [7, 11) is 1.34. The van der Waals surface area contributed by atoms with Crippen molar-refractivity contribution in [3.05, 3.63) is 102 Å². The van der Waals surface area contributed by atoms with Crippen molar-refractivity contribution < 1.29 is 28.7 Å². The number of ether oxygens (including phenoxy) is 1. The van der Waals surface area contributed by atoms with E-state index >= 15 is 0 Å². The van der Waals surface area contributed by atoms with Crippen LogP contribution in [0.1, 0.15) is 61.6 Å². The molecule has 52 heavy (non-hydrogen) atoms. The summed E-state index contributed by atoms with van der Waals surface area (Å²) in [6.45, 7) is 0. The summed E-state index contributed by atoms with van der Waals surface area (Å²) in [4.78, 5) is 69.8. The predicted octanol–water partition coefficient (Wildman–Crippen LogP) is 5.06. The highest BCUT2D eigenvalue weighted by molar-refractivity contribution is 7.99. The van der Waals surface area contributed by atoms with Gasteiger partial charge in [0, 0.05) is 17.5 Å². The second kappa shape index (κ2) is 17.7. The van der Waals surface area contributed by atoms with Crippen molar-refractivity contribution in [3.63, 3.8) is 0 Å². The molecule has 6 rings (SSSR count). The molecule has 3 aliphatic rings. The second-order valence-electron chi connectivity index (χ2n) is 14.0. The van der Waals surface area contributed by atoms with Gasteiger partial charge in [0.15, 0.2) is 0 Å². The molecule has 6 atom stereocenters. The van der Waals surface area contributed by atoms with Crippen molar-refractivity contribution in [1.82, 2.24) is 15.5 Å². The molecule has 274 valence electrons. The van der Waals surface area contributed by atoms with Crippen molar-refractivity contribution >= 4 is 47.0 Å². The van der Waals surface area contributed by atoms with Gasteiger partial charge in [-0.1, -0.05) is 78.9 Å². The number of carbonyl (C=O) groups is 5. The largest absolute Gasteiger partial charge is 0.467 e. The number of piperidine rings is 1. The number of benzene rings is 3. The third kappa shape index (κ3) is 9.23. The molecular weight excluding hydrogens is 677 g/mol. The molecule has 3 aromatic rings. The molecule has 2 fully saturated rings. The van der Waals surface area contributed by atoms with Gasteiger partial charge in [-0.05, 0) is 92.7 Å². The highest BCUT2D eigenvalue weighted by Gasteiger charge is 2.44. The Morgan fingerprint density at radius 2 is 1.38 bits per heavy atom. The normalized spacial score (nSPS) is 22.7. The number of hydrogen-bond acceptors (Lipinski definition) is 7. The highest BCUT2D eigenvalue weighted by Crippen LogP contribution is 2.35. The standard InChI is InChI=1S/C41H48N4O6S/c1-51-41(50)35-17-10-18-36-45(35)40(49)34(23-24-52-36)44-38(47)31(26-28-13-6-3-7-14-28)20-19-30(25-27-11-4-2-5-12-27)37(46)43-33-22-21-29-15-8-9-16-32(29)42-39(33)48/h2-9,11-16,30-31,33-36H,10,17-26H2,1H3,(H,42,48)(H,43,46)(H,44,47)/t30-,31-,33+,34+,35+,36+/m1/s1. The van der Waals surface area contributed by atoms with E-state index in [0.717, 1.165) is 35.2 Å². The van der Waals surface area contributed by atoms with Crippen LogP contribution in [0.15, 0.2) is 84.9 Å². The zero-order valence-electron chi connectivity index (χ0n) is 29.6. The number of nitrogens with one attached hydrogen (secondary N) is 3. The Labute approximate surface area is 309 Å². The summed E-state index contributed by atoms with van der Waals surface area (Å²) < 4.78 is 5.06. The molecule has 3 aromatic carbocycles. The second-order valence-corrected chi connectivity index (χ2v) is 15.3. The lowest BCUT2D eigenvalue weighted by molar-refractivity contribution is -0.156. The van der Waals surface area contributed by atoms with Crippen LogP contribution < -0.4 is 16.0 Å². The summed E-state index contributed by atoms with van der Waals surface area (Å²) >= 11 is 1.65. The number of para-hydroxylation sites is 1. The smallest absolute Gasteiger partial charge is 0.328 e. The van der Waals surface area contributed by atoms with Gasteiger partial charge in [0.05, 0.1) is 12.5 Å². The summed E-state index contributed by atoms with van der Waals surface area (Å²) in [6, 6.07) is 25.1. The first-order valence-corrected chi connectivity index (χ1v) is 19.4. The Morgan fingerprint density at radius 1 is 0.788 bits per heavy atom. The molecule has 0 spiro atoms. The molecule has 0 aliphatic carbocycles. The van der Waals surface area contributed by atoms with Crippen LogP contribution in [-0.4, -0.2) is 70.9 Å². The number of hydrogen-bond donors (Lipinski definition) is 3. The van der Waals surface area contributed by atoms with Crippen molar-refractivity contribution in [3.8, 4) is 0 Å². The van der Waals surface area contributed by atoms with E-state index in [2.05, 4.69) is 16.0 Å². The molecule has 0 radical (unpaired) electrons. The van der Waals surface area contributed by atoms with Gasteiger partial charge in [-0.25, -0.2) is 4.79 Å². The van der Waals surface area contributed by atoms with Gasteiger partial charge in [0.1, 0.15) is 18.1 Å². The summed E-state index contributed by atoms with van der Waals surface area (Å²) in [5.41, 5.74) is 3.76. The number of amides is 4. The van der Waals surface area contributed by atoms with Gasteiger partial charge in [-0.3, -0.25) is 19.2 Å². The molecule has 0 unspecified atom stereocenters. The number of rotatable bonds is 12. The molecule has 2 saturated heterocycles. The molecule has 0 aromatic heterocycles. The topological polar surface area (TPSA) is 134 Å². The van der Waals surface area contributed by atoms with Crippen molar-refractivity contribution in [1.29, 1.82) is 0 Å². The van der Waals surface area contributed by atoms with Gasteiger partial charge in [-0.15, -0.1) is 11.8 Å². The average Bonchev–Trinajstić information content (AvgIpc) is 3.43. The minimum atomic E-state index is -0.769. The van der Waals surface area contributed by atoms with Crippen LogP contribution in [0.4, 0.5) is 5.69 Å². The van der Waals surface area contributed by atoms with Crippen LogP contribution in [0, 0.1) is 11.8 Å². The van der Waals surface area contributed by atoms with Crippen LogP contribution in [0.3, 0.4) is 0 Å². The lowest BCUT2D eigenvalue weighted by Gasteiger charge is -2.40. The van der Waals surface area contributed by atoms with E-state index in [1.807, 2.05) is 84.9 Å². The number of thioether (sulfide) groups is 1. The predicted molar refractivity (Wildman–Crippen MR) is 201 cm³/mol. The number of aryl methyl sites for hydroxylation is 1. The molecule has 3 N–H and O–H groups in total. The molecule has 10 nitrogen and oxygen atoms in total. The van der Waals surface area contributed by atoms with Crippen LogP contribution >= 0.6 is 11.8 Å². The van der Waals surface area contributed by atoms with E-state index in [-0.39, 0.29) is 29.0 Å². The Kier molecular flexibility index (Phi) is 12.7. The van der Waals surface area contributed by atoms with Crippen molar-refractivity contribution in [2.45, 2.75) is 87.7 Å². The third-order valence-corrected chi connectivity index (χ3v) is 11.8. The fourth-order valence-electron chi connectivity index (χ4n) is 7.63. The Balaban J connectivity index is 1.19. The fourth-order valence-corrected chi connectivity index (χ4v) is 9.02. The molecule has 0 bridgehead atoms. The highest BCUT2D eigenvalue weighted by atomic mass is 32.2. The van der Waals surface area contributed by atoms with Crippen molar-refractivity contribution in [2.24, 2.45) is 11.8 Å². The zero-order valence-corrected chi connectivity index (χ0v) is 30.4. The lowest BCUT2D eigenvalue weighted by atomic mass is 9.86. The quantitative estimate of drug-likeness (QED) is 0.223. The first kappa shape index (κ1) is 37.1.